The van der Waals surface area contributed by atoms with Crippen molar-refractivity contribution in [2.75, 3.05) is 20.2 Å². The van der Waals surface area contributed by atoms with Crippen LogP contribution in [-0.2, 0) is 4.79 Å². The molecular weight excluding hydrogens is 311 g/mol. The molecule has 0 aromatic heterocycles. The summed E-state index contributed by atoms with van der Waals surface area (Å²) >= 11 is 17.6. The Morgan fingerprint density at radius 1 is 1.37 bits per heavy atom. The average Bonchev–Trinajstić information content (AvgIpc) is 2.34. The van der Waals surface area contributed by atoms with Crippen molar-refractivity contribution < 1.29 is 9.53 Å². The highest BCUT2D eigenvalue weighted by molar-refractivity contribution is 6.40. The normalized spacial score (nSPS) is 9.84. The quantitative estimate of drug-likeness (QED) is 0.835. The fourth-order valence-corrected chi connectivity index (χ4v) is 2.18. The van der Waals surface area contributed by atoms with Gasteiger partial charge in [0.1, 0.15) is 0 Å². The minimum atomic E-state index is -0.266. The van der Waals surface area contributed by atoms with Gasteiger partial charge >= 0.3 is 0 Å². The highest BCUT2D eigenvalue weighted by atomic mass is 35.5. The fraction of sp³-hybridized carbons (Fsp3) is 0.333. The first-order valence-corrected chi connectivity index (χ1v) is 6.47. The van der Waals surface area contributed by atoms with Gasteiger partial charge in [0, 0.05) is 18.6 Å². The number of nitriles is 1. The number of ether oxygens (including phenoxy) is 1. The van der Waals surface area contributed by atoms with E-state index >= 15 is 0 Å². The first-order chi connectivity index (χ1) is 8.95. The number of benzene rings is 1. The van der Waals surface area contributed by atoms with Crippen LogP contribution in [0.15, 0.2) is 12.1 Å². The molecule has 0 aliphatic carbocycles. The standard InChI is InChI=1S/C12H11Cl3N2O2/c1-17(4-2-3-16)11(18)7-19-12-9(14)5-8(13)6-10(12)15/h5-6H,2,4,7H2,1H3. The Kier molecular flexibility index (Phi) is 6.23. The molecule has 19 heavy (non-hydrogen) atoms. The molecule has 4 nitrogen and oxygen atoms in total. The van der Waals surface area contributed by atoms with Crippen LogP contribution >= 0.6 is 34.8 Å². The number of hydrogen-bond acceptors (Lipinski definition) is 3. The molecule has 0 aliphatic rings. The number of hydrogen-bond donors (Lipinski definition) is 0. The predicted molar refractivity (Wildman–Crippen MR) is 74.8 cm³/mol. The number of carbonyl (C=O) groups excluding carboxylic acids is 1. The molecule has 7 heteroatoms. The van der Waals surface area contributed by atoms with Gasteiger partial charge in [-0.05, 0) is 12.1 Å². The second kappa shape index (κ2) is 7.44. The molecule has 0 aliphatic heterocycles. The minimum absolute atomic E-state index is 0.205. The molecule has 0 atom stereocenters. The van der Waals surface area contributed by atoms with Crippen LogP contribution in [0.2, 0.25) is 15.1 Å². The molecular formula is C12H11Cl3N2O2. The topological polar surface area (TPSA) is 53.3 Å². The lowest BCUT2D eigenvalue weighted by atomic mass is 10.3. The number of carbonyl (C=O) groups is 1. The fourth-order valence-electron chi connectivity index (χ4n) is 1.25. The van der Waals surface area contributed by atoms with Gasteiger partial charge in [-0.1, -0.05) is 34.8 Å². The number of halogens is 3. The van der Waals surface area contributed by atoms with E-state index in [4.69, 9.17) is 44.8 Å². The van der Waals surface area contributed by atoms with E-state index in [1.165, 1.54) is 17.0 Å². The number of rotatable bonds is 5. The Labute approximate surface area is 126 Å². The van der Waals surface area contributed by atoms with Gasteiger partial charge < -0.3 is 9.64 Å². The van der Waals surface area contributed by atoms with E-state index in [9.17, 15) is 4.79 Å². The molecule has 1 aromatic rings. The van der Waals surface area contributed by atoms with Crippen LogP contribution in [-0.4, -0.2) is 31.0 Å². The van der Waals surface area contributed by atoms with Crippen LogP contribution < -0.4 is 4.74 Å². The molecule has 102 valence electrons. The zero-order valence-corrected chi connectivity index (χ0v) is 12.4. The van der Waals surface area contributed by atoms with Gasteiger partial charge in [-0.25, -0.2) is 0 Å². The van der Waals surface area contributed by atoms with E-state index in [-0.39, 0.29) is 34.7 Å². The Hall–Kier alpha value is -1.15. The van der Waals surface area contributed by atoms with Crippen LogP contribution in [0.1, 0.15) is 6.42 Å². The molecule has 0 bridgehead atoms. The average molecular weight is 322 g/mol. The summed E-state index contributed by atoms with van der Waals surface area (Å²) in [5.74, 6) is -0.0490. The van der Waals surface area contributed by atoms with E-state index in [1.54, 1.807) is 7.05 Å². The van der Waals surface area contributed by atoms with Crippen molar-refractivity contribution in [3.63, 3.8) is 0 Å². The maximum Gasteiger partial charge on any atom is 0.260 e. The summed E-state index contributed by atoms with van der Waals surface area (Å²) in [6.45, 7) is 0.143. The number of amides is 1. The Morgan fingerprint density at radius 2 is 1.95 bits per heavy atom. The van der Waals surface area contributed by atoms with Crippen molar-refractivity contribution in [1.82, 2.24) is 4.90 Å². The summed E-state index contributed by atoms with van der Waals surface area (Å²) in [7, 11) is 1.59. The molecule has 0 unspecified atom stereocenters. The lowest BCUT2D eigenvalue weighted by molar-refractivity contribution is -0.131. The van der Waals surface area contributed by atoms with Gasteiger partial charge in [-0.3, -0.25) is 4.79 Å². The summed E-state index contributed by atoms with van der Waals surface area (Å²) in [6.07, 6.45) is 0.269. The zero-order chi connectivity index (χ0) is 14.4. The van der Waals surface area contributed by atoms with Gasteiger partial charge in [-0.2, -0.15) is 5.26 Å². The Morgan fingerprint density at radius 3 is 2.47 bits per heavy atom. The van der Waals surface area contributed by atoms with Crippen molar-refractivity contribution in [2.24, 2.45) is 0 Å². The van der Waals surface area contributed by atoms with Crippen molar-refractivity contribution in [2.45, 2.75) is 6.42 Å². The molecule has 0 spiro atoms. The molecule has 0 saturated carbocycles. The summed E-state index contributed by atoms with van der Waals surface area (Å²) in [6, 6.07) is 4.92. The van der Waals surface area contributed by atoms with Gasteiger partial charge in [-0.15, -0.1) is 0 Å². The zero-order valence-electron chi connectivity index (χ0n) is 10.1. The van der Waals surface area contributed by atoms with E-state index in [2.05, 4.69) is 0 Å². The Balaban J connectivity index is 2.63. The van der Waals surface area contributed by atoms with Crippen LogP contribution in [0.25, 0.3) is 0 Å². The molecule has 0 N–H and O–H groups in total. The van der Waals surface area contributed by atoms with E-state index in [0.29, 0.717) is 11.6 Å². The third-order valence-electron chi connectivity index (χ3n) is 2.29. The van der Waals surface area contributed by atoms with Crippen LogP contribution in [0.5, 0.6) is 5.75 Å². The summed E-state index contributed by atoms with van der Waals surface area (Å²) in [5.41, 5.74) is 0. The van der Waals surface area contributed by atoms with Crippen LogP contribution in [0, 0.1) is 11.3 Å². The van der Waals surface area contributed by atoms with Gasteiger partial charge in [0.25, 0.3) is 5.91 Å². The maximum absolute atomic E-state index is 11.7. The van der Waals surface area contributed by atoms with Crippen LogP contribution in [0.4, 0.5) is 0 Å². The molecule has 0 radical (unpaired) electrons. The highest BCUT2D eigenvalue weighted by Gasteiger charge is 2.13. The van der Waals surface area contributed by atoms with E-state index < -0.39 is 0 Å². The molecule has 1 aromatic carbocycles. The first-order valence-electron chi connectivity index (χ1n) is 5.34. The van der Waals surface area contributed by atoms with Crippen molar-refractivity contribution in [3.05, 3.63) is 27.2 Å². The third kappa shape index (κ3) is 4.79. The first kappa shape index (κ1) is 15.9. The smallest absolute Gasteiger partial charge is 0.260 e. The van der Waals surface area contributed by atoms with Gasteiger partial charge in [0.05, 0.1) is 22.5 Å². The second-order valence-corrected chi connectivity index (χ2v) is 4.96. The summed E-state index contributed by atoms with van der Waals surface area (Å²) < 4.78 is 5.29. The van der Waals surface area contributed by atoms with Crippen molar-refractivity contribution >= 4 is 40.7 Å². The minimum Gasteiger partial charge on any atom is -0.481 e. The van der Waals surface area contributed by atoms with E-state index in [0.717, 1.165) is 0 Å². The molecule has 0 saturated heterocycles. The molecule has 0 fully saturated rings. The van der Waals surface area contributed by atoms with Gasteiger partial charge in [0.15, 0.2) is 12.4 Å². The summed E-state index contributed by atoms with van der Waals surface area (Å²) in [4.78, 5) is 13.1. The number of likely N-dealkylation sites (N-methyl/N-ethyl adjacent to an activating group) is 1. The Bertz CT molecular complexity index is 491. The number of nitrogens with zero attached hydrogens (tertiary/aromatic N) is 2. The maximum atomic E-state index is 11.7. The van der Waals surface area contributed by atoms with Crippen molar-refractivity contribution in [1.29, 1.82) is 5.26 Å². The predicted octanol–water partition coefficient (Wildman–Crippen LogP) is 3.40. The highest BCUT2D eigenvalue weighted by Crippen LogP contribution is 2.35. The van der Waals surface area contributed by atoms with Crippen LogP contribution in [0.3, 0.4) is 0 Å². The lowest BCUT2D eigenvalue weighted by Crippen LogP contribution is -2.32. The van der Waals surface area contributed by atoms with Gasteiger partial charge in [0.2, 0.25) is 0 Å². The molecule has 1 amide bonds. The second-order valence-electron chi connectivity index (χ2n) is 3.71. The lowest BCUT2D eigenvalue weighted by Gasteiger charge is -2.16. The third-order valence-corrected chi connectivity index (χ3v) is 3.07. The van der Waals surface area contributed by atoms with E-state index in [1.807, 2.05) is 6.07 Å². The van der Waals surface area contributed by atoms with Crippen molar-refractivity contribution in [3.8, 4) is 11.8 Å². The monoisotopic (exact) mass is 320 g/mol. The molecule has 0 heterocycles. The molecule has 1 rings (SSSR count). The SMILES string of the molecule is CN(CCC#N)C(=O)COc1c(Cl)cc(Cl)cc1Cl. The largest absolute Gasteiger partial charge is 0.481 e. The summed E-state index contributed by atoms with van der Waals surface area (Å²) in [5, 5.41) is 9.31.